The lowest BCUT2D eigenvalue weighted by Gasteiger charge is -2.22. The molecule has 10 heteroatoms. The number of rotatable bonds is 5. The van der Waals surface area contributed by atoms with E-state index < -0.39 is 11.9 Å². The molecule has 0 spiro atoms. The second-order valence-electron chi connectivity index (χ2n) is 8.07. The Morgan fingerprint density at radius 3 is 2.56 bits per heavy atom. The lowest BCUT2D eigenvalue weighted by atomic mass is 9.98. The van der Waals surface area contributed by atoms with Crippen LogP contribution in [-0.4, -0.2) is 21.2 Å². The molecule has 1 atom stereocenters. The third-order valence-corrected chi connectivity index (χ3v) is 8.37. The summed E-state index contributed by atoms with van der Waals surface area (Å²) in [5.74, 6) is 0.187. The second kappa shape index (κ2) is 9.09. The van der Waals surface area contributed by atoms with Crippen LogP contribution in [-0.2, 0) is 5.75 Å². The highest BCUT2D eigenvalue weighted by molar-refractivity contribution is 8.00. The molecule has 0 aliphatic carbocycles. The summed E-state index contributed by atoms with van der Waals surface area (Å²) in [5, 5.41) is 19.8. The molecular formula is C26H16ClN3O4S2. The Bertz CT molecular complexity index is 1680. The van der Waals surface area contributed by atoms with Crippen molar-refractivity contribution in [2.24, 2.45) is 0 Å². The van der Waals surface area contributed by atoms with E-state index >= 15 is 0 Å². The number of phenolic OH excluding ortho intramolecular Hbond substituents is 1. The lowest BCUT2D eigenvalue weighted by Crippen LogP contribution is -2.29. The van der Waals surface area contributed by atoms with Gasteiger partial charge in [0.1, 0.15) is 11.3 Å². The van der Waals surface area contributed by atoms with Gasteiger partial charge in [-0.1, -0.05) is 77.2 Å². The molecule has 1 unspecified atom stereocenters. The van der Waals surface area contributed by atoms with Crippen LogP contribution in [0.5, 0.6) is 5.75 Å². The number of halogens is 1. The first kappa shape index (κ1) is 22.8. The van der Waals surface area contributed by atoms with Crippen LogP contribution in [0.1, 0.15) is 33.3 Å². The minimum absolute atomic E-state index is 0.0164. The Kier molecular flexibility index (Phi) is 5.75. The van der Waals surface area contributed by atoms with Gasteiger partial charge in [-0.3, -0.25) is 14.5 Å². The van der Waals surface area contributed by atoms with Gasteiger partial charge in [0.05, 0.1) is 17.0 Å². The molecule has 36 heavy (non-hydrogen) atoms. The first-order chi connectivity index (χ1) is 17.5. The number of aromatic hydroxyl groups is 1. The number of benzene rings is 3. The van der Waals surface area contributed by atoms with Crippen molar-refractivity contribution in [3.05, 3.63) is 110 Å². The fourth-order valence-electron chi connectivity index (χ4n) is 4.20. The molecule has 0 radical (unpaired) electrons. The van der Waals surface area contributed by atoms with E-state index in [4.69, 9.17) is 16.0 Å². The highest BCUT2D eigenvalue weighted by Crippen LogP contribution is 2.43. The van der Waals surface area contributed by atoms with E-state index in [1.807, 2.05) is 24.3 Å². The number of para-hydroxylation sites is 1. The third kappa shape index (κ3) is 3.85. The molecule has 3 aromatic carbocycles. The zero-order valence-electron chi connectivity index (χ0n) is 18.4. The maximum Gasteiger partial charge on any atom is 0.297 e. The molecule has 5 aromatic rings. The van der Waals surface area contributed by atoms with E-state index in [-0.39, 0.29) is 22.5 Å². The van der Waals surface area contributed by atoms with Gasteiger partial charge in [-0.15, -0.1) is 10.2 Å². The Hall–Kier alpha value is -3.66. The van der Waals surface area contributed by atoms with Crippen LogP contribution in [0.15, 0.2) is 86.3 Å². The first-order valence-corrected chi connectivity index (χ1v) is 13.1. The number of aromatic nitrogens is 2. The van der Waals surface area contributed by atoms with E-state index in [9.17, 15) is 14.7 Å². The third-order valence-electron chi connectivity index (χ3n) is 5.90. The average molecular weight is 534 g/mol. The molecule has 0 bridgehead atoms. The van der Waals surface area contributed by atoms with Gasteiger partial charge in [-0.05, 0) is 41.5 Å². The van der Waals surface area contributed by atoms with Crippen LogP contribution in [0.3, 0.4) is 0 Å². The fraction of sp³-hybridized carbons (Fsp3) is 0.0769. The van der Waals surface area contributed by atoms with Gasteiger partial charge in [0.2, 0.25) is 10.9 Å². The molecule has 0 saturated heterocycles. The molecule has 0 saturated carbocycles. The van der Waals surface area contributed by atoms with Gasteiger partial charge in [0.25, 0.3) is 5.91 Å². The molecule has 1 aliphatic rings. The van der Waals surface area contributed by atoms with Crippen molar-refractivity contribution in [1.82, 2.24) is 10.2 Å². The van der Waals surface area contributed by atoms with E-state index in [1.54, 1.807) is 36.4 Å². The van der Waals surface area contributed by atoms with Gasteiger partial charge in [-0.2, -0.15) is 0 Å². The first-order valence-electron chi connectivity index (χ1n) is 10.9. The Labute approximate surface area is 218 Å². The minimum Gasteiger partial charge on any atom is -0.508 e. The van der Waals surface area contributed by atoms with Crippen molar-refractivity contribution in [3.8, 4) is 5.75 Å². The van der Waals surface area contributed by atoms with E-state index in [0.29, 0.717) is 36.8 Å². The predicted octanol–water partition coefficient (Wildman–Crippen LogP) is 6.05. The monoisotopic (exact) mass is 533 g/mol. The molecule has 1 aliphatic heterocycles. The van der Waals surface area contributed by atoms with Gasteiger partial charge in [0, 0.05) is 10.8 Å². The summed E-state index contributed by atoms with van der Waals surface area (Å²) in [6.07, 6.45) is 0. The zero-order valence-corrected chi connectivity index (χ0v) is 20.8. The average Bonchev–Trinajstić information content (AvgIpc) is 3.47. The SMILES string of the molecule is O=C1c2oc3ccccc3c(=O)c2C(c2ccc(O)cc2)N1c1nnc(SCc2ccccc2Cl)s1. The lowest BCUT2D eigenvalue weighted by molar-refractivity contribution is 0.0970. The van der Waals surface area contributed by atoms with E-state index in [1.165, 1.54) is 40.1 Å². The summed E-state index contributed by atoms with van der Waals surface area (Å²) in [7, 11) is 0. The minimum atomic E-state index is -0.775. The van der Waals surface area contributed by atoms with Crippen molar-refractivity contribution >= 4 is 56.7 Å². The topological polar surface area (TPSA) is 96.5 Å². The van der Waals surface area contributed by atoms with Crippen LogP contribution >= 0.6 is 34.7 Å². The van der Waals surface area contributed by atoms with E-state index in [0.717, 1.165) is 5.56 Å². The van der Waals surface area contributed by atoms with Gasteiger partial charge in [0.15, 0.2) is 9.77 Å². The zero-order chi connectivity index (χ0) is 24.8. The van der Waals surface area contributed by atoms with Crippen molar-refractivity contribution in [3.63, 3.8) is 0 Å². The number of amides is 1. The van der Waals surface area contributed by atoms with Crippen molar-refractivity contribution in [2.45, 2.75) is 16.1 Å². The smallest absolute Gasteiger partial charge is 0.297 e. The maximum atomic E-state index is 13.6. The summed E-state index contributed by atoms with van der Waals surface area (Å²) in [6, 6.07) is 20.0. The summed E-state index contributed by atoms with van der Waals surface area (Å²) in [4.78, 5) is 28.6. The quantitative estimate of drug-likeness (QED) is 0.217. The second-order valence-corrected chi connectivity index (χ2v) is 10.7. The van der Waals surface area contributed by atoms with Crippen LogP contribution < -0.4 is 10.3 Å². The number of fused-ring (bicyclic) bond motifs is 2. The van der Waals surface area contributed by atoms with Crippen molar-refractivity contribution in [1.29, 1.82) is 0 Å². The Morgan fingerprint density at radius 2 is 1.75 bits per heavy atom. The van der Waals surface area contributed by atoms with Crippen LogP contribution in [0.2, 0.25) is 5.02 Å². The van der Waals surface area contributed by atoms with Crippen molar-refractivity contribution in [2.75, 3.05) is 4.90 Å². The summed E-state index contributed by atoms with van der Waals surface area (Å²) in [6.45, 7) is 0. The molecule has 178 valence electrons. The molecule has 6 rings (SSSR count). The Balaban J connectivity index is 1.43. The number of carbonyl (C=O) groups excluding carboxylic acids is 1. The molecule has 1 amide bonds. The molecule has 0 fully saturated rings. The van der Waals surface area contributed by atoms with E-state index in [2.05, 4.69) is 10.2 Å². The normalized spacial score (nSPS) is 15.0. The maximum absolute atomic E-state index is 13.6. The van der Waals surface area contributed by atoms with Gasteiger partial charge >= 0.3 is 0 Å². The van der Waals surface area contributed by atoms with Crippen molar-refractivity contribution < 1.29 is 14.3 Å². The number of nitrogens with zero attached hydrogens (tertiary/aromatic N) is 3. The highest BCUT2D eigenvalue weighted by atomic mass is 35.5. The van der Waals surface area contributed by atoms with Gasteiger partial charge < -0.3 is 9.52 Å². The van der Waals surface area contributed by atoms with Crippen LogP contribution in [0, 0.1) is 0 Å². The number of hydrogen-bond donors (Lipinski definition) is 1. The van der Waals surface area contributed by atoms with Gasteiger partial charge in [-0.25, -0.2) is 0 Å². The molecule has 2 aromatic heterocycles. The number of anilines is 1. The summed E-state index contributed by atoms with van der Waals surface area (Å²) in [5.41, 5.74) is 1.91. The predicted molar refractivity (Wildman–Crippen MR) is 140 cm³/mol. The standard InChI is InChI=1S/C26H16ClN3O4S2/c27-18-7-3-1-5-15(18)13-35-26-29-28-25(36-26)30-21(14-9-11-16(31)12-10-14)20-22(32)17-6-2-4-8-19(17)34-23(20)24(30)33/h1-12,21,31H,13H2. The molecule has 1 N–H and O–H groups in total. The number of thioether (sulfide) groups is 1. The molecular weight excluding hydrogens is 518 g/mol. The Morgan fingerprint density at radius 1 is 1.00 bits per heavy atom. The van der Waals surface area contributed by atoms with Crippen LogP contribution in [0.4, 0.5) is 5.13 Å². The summed E-state index contributed by atoms with van der Waals surface area (Å²) < 4.78 is 6.60. The van der Waals surface area contributed by atoms with Crippen LogP contribution in [0.25, 0.3) is 11.0 Å². The largest absolute Gasteiger partial charge is 0.508 e. The highest BCUT2D eigenvalue weighted by Gasteiger charge is 2.45. The summed E-state index contributed by atoms with van der Waals surface area (Å²) >= 11 is 8.98. The number of carbonyl (C=O) groups is 1. The fourth-order valence-corrected chi connectivity index (χ4v) is 6.36. The number of phenols is 1. The molecule has 7 nitrogen and oxygen atoms in total. The number of hydrogen-bond acceptors (Lipinski definition) is 8. The molecule has 3 heterocycles.